The third kappa shape index (κ3) is 2.38. The first-order chi connectivity index (χ1) is 10.2. The van der Waals surface area contributed by atoms with E-state index in [1.54, 1.807) is 0 Å². The van der Waals surface area contributed by atoms with E-state index in [1.807, 2.05) is 13.1 Å². The highest BCUT2D eigenvalue weighted by Crippen LogP contribution is 2.32. The minimum absolute atomic E-state index is 0.987. The summed E-state index contributed by atoms with van der Waals surface area (Å²) in [5, 5.41) is 4.56. The molecule has 3 rings (SSSR count). The van der Waals surface area contributed by atoms with Crippen LogP contribution in [0.15, 0.2) is 48.5 Å². The topological polar surface area (TPSA) is 24.9 Å². The Morgan fingerprint density at radius 3 is 2.43 bits per heavy atom. The van der Waals surface area contributed by atoms with Crippen molar-refractivity contribution in [2.45, 2.75) is 20.3 Å². The first kappa shape index (κ1) is 13.6. The molecule has 0 fully saturated rings. The average Bonchev–Trinajstić information content (AvgIpc) is 2.54. The zero-order valence-corrected chi connectivity index (χ0v) is 12.8. The van der Waals surface area contributed by atoms with Crippen molar-refractivity contribution < 1.29 is 0 Å². The molecule has 0 spiro atoms. The summed E-state index contributed by atoms with van der Waals surface area (Å²) in [5.41, 5.74) is 7.14. The van der Waals surface area contributed by atoms with Crippen molar-refractivity contribution in [1.82, 2.24) is 4.98 Å². The van der Waals surface area contributed by atoms with Crippen LogP contribution in [0.2, 0.25) is 0 Å². The zero-order valence-electron chi connectivity index (χ0n) is 12.8. The molecule has 0 aliphatic heterocycles. The molecular formula is C19H20N2. The first-order valence-corrected chi connectivity index (χ1v) is 7.41. The molecule has 0 saturated heterocycles. The molecule has 0 aliphatic carbocycles. The normalized spacial score (nSPS) is 10.8. The molecular weight excluding hydrogens is 256 g/mol. The minimum Gasteiger partial charge on any atom is -0.387 e. The summed E-state index contributed by atoms with van der Waals surface area (Å²) in [6.45, 7) is 4.27. The molecule has 1 N–H and O–H groups in total. The number of aromatic nitrogens is 1. The highest BCUT2D eigenvalue weighted by Gasteiger charge is 2.11. The van der Waals surface area contributed by atoms with Crippen molar-refractivity contribution in [2.75, 3.05) is 12.4 Å². The second-order valence-corrected chi connectivity index (χ2v) is 5.25. The minimum atomic E-state index is 0.987. The quantitative estimate of drug-likeness (QED) is 0.742. The Morgan fingerprint density at radius 1 is 1.00 bits per heavy atom. The lowest BCUT2D eigenvalue weighted by atomic mass is 9.99. The fraction of sp³-hybridized carbons (Fsp3) is 0.211. The fourth-order valence-corrected chi connectivity index (χ4v) is 2.95. The van der Waals surface area contributed by atoms with Crippen LogP contribution in [0.4, 0.5) is 5.69 Å². The lowest BCUT2D eigenvalue weighted by molar-refractivity contribution is 1.07. The Morgan fingerprint density at radius 2 is 1.76 bits per heavy atom. The SMILES string of the molecule is CCc1c(C)nc2ccc(-c3ccccc3)cc2c1NC. The second kappa shape index (κ2) is 5.57. The molecule has 0 radical (unpaired) electrons. The summed E-state index contributed by atoms with van der Waals surface area (Å²) in [5.74, 6) is 0. The van der Waals surface area contributed by atoms with Gasteiger partial charge in [0.1, 0.15) is 0 Å². The van der Waals surface area contributed by atoms with Crippen LogP contribution in [0.5, 0.6) is 0 Å². The number of aryl methyl sites for hydroxylation is 1. The highest BCUT2D eigenvalue weighted by molar-refractivity contribution is 5.96. The summed E-state index contributed by atoms with van der Waals surface area (Å²) in [7, 11) is 1.99. The maximum Gasteiger partial charge on any atom is 0.0726 e. The van der Waals surface area contributed by atoms with Gasteiger partial charge < -0.3 is 5.32 Å². The van der Waals surface area contributed by atoms with Crippen molar-refractivity contribution in [3.63, 3.8) is 0 Å². The lowest BCUT2D eigenvalue weighted by Gasteiger charge is -2.15. The van der Waals surface area contributed by atoms with Crippen LogP contribution in [-0.2, 0) is 6.42 Å². The molecule has 2 heteroatoms. The number of hydrogen-bond acceptors (Lipinski definition) is 2. The highest BCUT2D eigenvalue weighted by atomic mass is 14.8. The smallest absolute Gasteiger partial charge is 0.0726 e. The van der Waals surface area contributed by atoms with Crippen LogP contribution in [-0.4, -0.2) is 12.0 Å². The van der Waals surface area contributed by atoms with Crippen molar-refractivity contribution in [1.29, 1.82) is 0 Å². The Balaban J connectivity index is 2.27. The number of anilines is 1. The van der Waals surface area contributed by atoms with Gasteiger partial charge in [-0.3, -0.25) is 4.98 Å². The third-order valence-electron chi connectivity index (χ3n) is 4.00. The molecule has 106 valence electrons. The number of nitrogens with one attached hydrogen (secondary N) is 1. The number of rotatable bonds is 3. The predicted octanol–water partition coefficient (Wildman–Crippen LogP) is 4.81. The Bertz CT molecular complexity index is 776. The molecule has 1 aromatic heterocycles. The van der Waals surface area contributed by atoms with Crippen LogP contribution >= 0.6 is 0 Å². The van der Waals surface area contributed by atoms with Gasteiger partial charge in [0, 0.05) is 23.8 Å². The van der Waals surface area contributed by atoms with Crippen LogP contribution in [0.25, 0.3) is 22.0 Å². The Labute approximate surface area is 125 Å². The fourth-order valence-electron chi connectivity index (χ4n) is 2.95. The largest absolute Gasteiger partial charge is 0.387 e. The van der Waals surface area contributed by atoms with Gasteiger partial charge >= 0.3 is 0 Å². The molecule has 0 bridgehead atoms. The summed E-state index contributed by atoms with van der Waals surface area (Å²) < 4.78 is 0. The standard InChI is InChI=1S/C19H20N2/c1-4-16-13(2)21-18-11-10-15(12-17(18)19(16)20-3)14-8-6-5-7-9-14/h5-12H,4H2,1-3H3,(H,20,21). The Hall–Kier alpha value is -2.35. The number of fused-ring (bicyclic) bond motifs is 1. The Kier molecular flexibility index (Phi) is 3.61. The average molecular weight is 276 g/mol. The van der Waals surface area contributed by atoms with Crippen molar-refractivity contribution in [2.24, 2.45) is 0 Å². The van der Waals surface area contributed by atoms with Gasteiger partial charge in [0.15, 0.2) is 0 Å². The van der Waals surface area contributed by atoms with Crippen molar-refractivity contribution in [3.05, 3.63) is 59.8 Å². The van der Waals surface area contributed by atoms with Gasteiger partial charge in [0.2, 0.25) is 0 Å². The molecule has 0 unspecified atom stereocenters. The van der Waals surface area contributed by atoms with Gasteiger partial charge in [-0.15, -0.1) is 0 Å². The number of nitrogens with zero attached hydrogens (tertiary/aromatic N) is 1. The molecule has 21 heavy (non-hydrogen) atoms. The van der Waals surface area contributed by atoms with E-state index in [-0.39, 0.29) is 0 Å². The molecule has 1 heterocycles. The van der Waals surface area contributed by atoms with Crippen molar-refractivity contribution in [3.8, 4) is 11.1 Å². The number of pyridine rings is 1. The van der Waals surface area contributed by atoms with Gasteiger partial charge in [0.25, 0.3) is 0 Å². The maximum atomic E-state index is 4.75. The maximum absolute atomic E-state index is 4.75. The number of hydrogen-bond donors (Lipinski definition) is 1. The summed E-state index contributed by atoms with van der Waals surface area (Å²) >= 11 is 0. The van der Waals surface area contributed by atoms with E-state index in [0.29, 0.717) is 0 Å². The van der Waals surface area contributed by atoms with Gasteiger partial charge in [0.05, 0.1) is 5.52 Å². The molecule has 0 saturated carbocycles. The summed E-state index contributed by atoms with van der Waals surface area (Å²) in [6, 6.07) is 17.0. The van der Waals surface area contributed by atoms with E-state index in [9.17, 15) is 0 Å². The molecule has 2 aromatic carbocycles. The van der Waals surface area contributed by atoms with Gasteiger partial charge in [-0.25, -0.2) is 0 Å². The van der Waals surface area contributed by atoms with Crippen LogP contribution < -0.4 is 5.32 Å². The van der Waals surface area contributed by atoms with E-state index >= 15 is 0 Å². The van der Waals surface area contributed by atoms with Crippen LogP contribution in [0.1, 0.15) is 18.2 Å². The van der Waals surface area contributed by atoms with E-state index in [0.717, 1.165) is 17.6 Å². The number of benzene rings is 2. The van der Waals surface area contributed by atoms with Crippen LogP contribution in [0.3, 0.4) is 0 Å². The molecule has 0 aliphatic rings. The molecule has 0 atom stereocenters. The zero-order chi connectivity index (χ0) is 14.8. The molecule has 3 aromatic rings. The van der Waals surface area contributed by atoms with Gasteiger partial charge in [-0.1, -0.05) is 43.3 Å². The first-order valence-electron chi connectivity index (χ1n) is 7.41. The van der Waals surface area contributed by atoms with Gasteiger partial charge in [-0.2, -0.15) is 0 Å². The van der Waals surface area contributed by atoms with E-state index in [4.69, 9.17) is 4.98 Å². The van der Waals surface area contributed by atoms with E-state index < -0.39 is 0 Å². The van der Waals surface area contributed by atoms with Crippen molar-refractivity contribution >= 4 is 16.6 Å². The summed E-state index contributed by atoms with van der Waals surface area (Å²) in [4.78, 5) is 4.75. The van der Waals surface area contributed by atoms with Crippen LogP contribution in [0, 0.1) is 6.92 Å². The lowest BCUT2D eigenvalue weighted by Crippen LogP contribution is -2.01. The molecule has 2 nitrogen and oxygen atoms in total. The van der Waals surface area contributed by atoms with E-state index in [2.05, 4.69) is 61.6 Å². The molecule has 0 amide bonds. The van der Waals surface area contributed by atoms with Gasteiger partial charge in [-0.05, 0) is 42.2 Å². The predicted molar refractivity (Wildman–Crippen MR) is 90.8 cm³/mol. The van der Waals surface area contributed by atoms with E-state index in [1.165, 1.54) is 27.8 Å². The summed E-state index contributed by atoms with van der Waals surface area (Å²) in [6.07, 6.45) is 0.987. The third-order valence-corrected chi connectivity index (χ3v) is 4.00. The monoisotopic (exact) mass is 276 g/mol. The second-order valence-electron chi connectivity index (χ2n) is 5.25.